The summed E-state index contributed by atoms with van der Waals surface area (Å²) in [6.07, 6.45) is 1.34. The van der Waals surface area contributed by atoms with E-state index in [-0.39, 0.29) is 5.97 Å². The number of piperidine rings is 1. The van der Waals surface area contributed by atoms with E-state index in [2.05, 4.69) is 6.07 Å². The molecule has 1 aromatic carbocycles. The molecule has 1 saturated heterocycles. The minimum Gasteiger partial charge on any atom is -0.367 e. The highest BCUT2D eigenvalue weighted by Crippen LogP contribution is 2.35. The molecule has 0 aromatic heterocycles. The topological polar surface area (TPSA) is 53.3 Å². The van der Waals surface area contributed by atoms with Crippen LogP contribution in [0, 0.1) is 16.7 Å². The first-order valence-corrected chi connectivity index (χ1v) is 7.31. The van der Waals surface area contributed by atoms with E-state index in [4.69, 9.17) is 4.84 Å². The molecule has 4 heteroatoms. The fourth-order valence-corrected chi connectivity index (χ4v) is 2.44. The first kappa shape index (κ1) is 15.5. The normalized spacial score (nSPS) is 18.8. The molecule has 0 amide bonds. The number of carbonyl (C=O) groups is 1. The van der Waals surface area contributed by atoms with Crippen LogP contribution in [0.15, 0.2) is 30.3 Å². The van der Waals surface area contributed by atoms with Gasteiger partial charge in [0.25, 0.3) is 0 Å². The van der Waals surface area contributed by atoms with Crippen molar-refractivity contribution < 1.29 is 9.63 Å². The Balaban J connectivity index is 2.02. The van der Waals surface area contributed by atoms with Gasteiger partial charge in [-0.3, -0.25) is 0 Å². The van der Waals surface area contributed by atoms with E-state index in [1.54, 1.807) is 5.06 Å². The molecule has 2 rings (SSSR count). The van der Waals surface area contributed by atoms with Crippen LogP contribution < -0.4 is 0 Å². The molecule has 0 radical (unpaired) electrons. The molecule has 112 valence electrons. The lowest BCUT2D eigenvalue weighted by atomic mass is 9.74. The molecule has 0 spiro atoms. The summed E-state index contributed by atoms with van der Waals surface area (Å²) in [5, 5.41) is 11.3. The van der Waals surface area contributed by atoms with E-state index in [0.29, 0.717) is 25.9 Å². The Hall–Kier alpha value is -1.86. The van der Waals surface area contributed by atoms with Crippen molar-refractivity contribution in [3.8, 4) is 6.07 Å². The highest BCUT2D eigenvalue weighted by molar-refractivity contribution is 5.75. The van der Waals surface area contributed by atoms with Crippen molar-refractivity contribution >= 4 is 5.97 Å². The van der Waals surface area contributed by atoms with Crippen LogP contribution in [0.1, 0.15) is 39.2 Å². The van der Waals surface area contributed by atoms with Gasteiger partial charge in [-0.1, -0.05) is 30.3 Å². The fourth-order valence-electron chi connectivity index (χ4n) is 2.44. The van der Waals surface area contributed by atoms with Gasteiger partial charge >= 0.3 is 5.97 Å². The second-order valence-corrected chi connectivity index (χ2v) is 6.62. The Morgan fingerprint density at radius 1 is 1.24 bits per heavy atom. The first-order chi connectivity index (χ1) is 9.87. The molecule has 1 aromatic rings. The van der Waals surface area contributed by atoms with E-state index in [1.165, 1.54) is 0 Å². The minimum atomic E-state index is -0.511. The zero-order valence-electron chi connectivity index (χ0n) is 12.9. The predicted molar refractivity (Wildman–Crippen MR) is 80.1 cm³/mol. The van der Waals surface area contributed by atoms with Crippen LogP contribution in [-0.2, 0) is 15.0 Å². The van der Waals surface area contributed by atoms with Crippen LogP contribution in [0.25, 0.3) is 0 Å². The van der Waals surface area contributed by atoms with Crippen LogP contribution >= 0.6 is 0 Å². The predicted octanol–water partition coefficient (Wildman–Crippen LogP) is 3.05. The summed E-state index contributed by atoms with van der Waals surface area (Å²) in [5.41, 5.74) is 0.0732. The maximum Gasteiger partial charge on any atom is 0.330 e. The third kappa shape index (κ3) is 3.43. The minimum absolute atomic E-state index is 0.230. The van der Waals surface area contributed by atoms with Crippen molar-refractivity contribution in [3.63, 3.8) is 0 Å². The van der Waals surface area contributed by atoms with Crippen molar-refractivity contribution in [1.82, 2.24) is 5.06 Å². The average molecular weight is 286 g/mol. The van der Waals surface area contributed by atoms with Crippen molar-refractivity contribution in [2.45, 2.75) is 39.0 Å². The van der Waals surface area contributed by atoms with Gasteiger partial charge in [-0.25, -0.2) is 4.79 Å². The van der Waals surface area contributed by atoms with Crippen molar-refractivity contribution in [2.75, 3.05) is 13.1 Å². The molecule has 0 N–H and O–H groups in total. The van der Waals surface area contributed by atoms with E-state index in [1.807, 2.05) is 51.1 Å². The van der Waals surface area contributed by atoms with Gasteiger partial charge in [0.15, 0.2) is 0 Å². The Morgan fingerprint density at radius 2 is 1.81 bits per heavy atom. The molecule has 0 atom stereocenters. The number of hydrogen-bond donors (Lipinski definition) is 0. The number of nitrogens with zero attached hydrogens (tertiary/aromatic N) is 2. The molecule has 0 aliphatic carbocycles. The van der Waals surface area contributed by atoms with Crippen LogP contribution in [0.4, 0.5) is 0 Å². The fraction of sp³-hybridized carbons (Fsp3) is 0.529. The van der Waals surface area contributed by atoms with Crippen molar-refractivity contribution in [1.29, 1.82) is 5.26 Å². The second kappa shape index (κ2) is 5.87. The average Bonchev–Trinajstić information content (AvgIpc) is 2.48. The molecule has 1 aliphatic heterocycles. The standard InChI is InChI=1S/C17H22N2O2/c1-16(2,3)15(20)21-19-11-9-17(13-18,10-12-19)14-7-5-4-6-8-14/h4-8H,9-12H2,1-3H3. The summed E-state index contributed by atoms with van der Waals surface area (Å²) >= 11 is 0. The number of hydroxylamine groups is 2. The second-order valence-electron chi connectivity index (χ2n) is 6.62. The summed E-state index contributed by atoms with van der Waals surface area (Å²) in [6.45, 7) is 6.68. The van der Waals surface area contributed by atoms with E-state index >= 15 is 0 Å². The molecule has 1 aliphatic rings. The van der Waals surface area contributed by atoms with Gasteiger partial charge in [0, 0.05) is 13.1 Å². The van der Waals surface area contributed by atoms with Gasteiger partial charge in [0.2, 0.25) is 0 Å². The monoisotopic (exact) mass is 286 g/mol. The van der Waals surface area contributed by atoms with E-state index < -0.39 is 10.8 Å². The lowest BCUT2D eigenvalue weighted by Crippen LogP contribution is -2.44. The third-order valence-electron chi connectivity index (χ3n) is 3.94. The first-order valence-electron chi connectivity index (χ1n) is 7.31. The Morgan fingerprint density at radius 3 is 2.29 bits per heavy atom. The third-order valence-corrected chi connectivity index (χ3v) is 3.94. The molecule has 0 unspecified atom stereocenters. The Bertz CT molecular complexity index is 532. The molecular formula is C17H22N2O2. The lowest BCUT2D eigenvalue weighted by molar-refractivity contribution is -0.206. The zero-order valence-corrected chi connectivity index (χ0v) is 12.9. The summed E-state index contributed by atoms with van der Waals surface area (Å²) in [5.74, 6) is -0.230. The molecular weight excluding hydrogens is 264 g/mol. The smallest absolute Gasteiger partial charge is 0.330 e. The SMILES string of the molecule is CC(C)(C)C(=O)ON1CCC(C#N)(c2ccccc2)CC1. The summed E-state index contributed by atoms with van der Waals surface area (Å²) in [4.78, 5) is 17.3. The van der Waals surface area contributed by atoms with Crippen molar-refractivity contribution in [2.24, 2.45) is 5.41 Å². The molecule has 1 fully saturated rings. The van der Waals surface area contributed by atoms with Gasteiger partial charge in [-0.2, -0.15) is 5.26 Å². The van der Waals surface area contributed by atoms with E-state index in [0.717, 1.165) is 5.56 Å². The van der Waals surface area contributed by atoms with Gasteiger partial charge in [0.1, 0.15) is 0 Å². The molecule has 4 nitrogen and oxygen atoms in total. The van der Waals surface area contributed by atoms with Crippen LogP contribution in [-0.4, -0.2) is 24.1 Å². The Kier molecular flexibility index (Phi) is 4.34. The quantitative estimate of drug-likeness (QED) is 0.838. The number of hydrogen-bond acceptors (Lipinski definition) is 4. The van der Waals surface area contributed by atoms with Crippen LogP contribution in [0.3, 0.4) is 0 Å². The highest BCUT2D eigenvalue weighted by atomic mass is 16.7. The number of rotatable bonds is 2. The van der Waals surface area contributed by atoms with E-state index in [9.17, 15) is 10.1 Å². The van der Waals surface area contributed by atoms with Gasteiger partial charge in [0.05, 0.1) is 16.9 Å². The van der Waals surface area contributed by atoms with Crippen LogP contribution in [0.2, 0.25) is 0 Å². The number of carbonyl (C=O) groups excluding carboxylic acids is 1. The summed E-state index contributed by atoms with van der Waals surface area (Å²) in [6, 6.07) is 12.3. The Labute approximate surface area is 126 Å². The maximum absolute atomic E-state index is 11.9. The zero-order chi connectivity index (χ0) is 15.5. The molecule has 0 bridgehead atoms. The largest absolute Gasteiger partial charge is 0.367 e. The molecule has 21 heavy (non-hydrogen) atoms. The van der Waals surface area contributed by atoms with Crippen LogP contribution in [0.5, 0.6) is 0 Å². The summed E-state index contributed by atoms with van der Waals surface area (Å²) < 4.78 is 0. The highest BCUT2D eigenvalue weighted by Gasteiger charge is 2.38. The van der Waals surface area contributed by atoms with Gasteiger partial charge < -0.3 is 4.84 Å². The van der Waals surface area contributed by atoms with Crippen molar-refractivity contribution in [3.05, 3.63) is 35.9 Å². The number of benzene rings is 1. The summed E-state index contributed by atoms with van der Waals surface area (Å²) in [7, 11) is 0. The number of nitriles is 1. The lowest BCUT2D eigenvalue weighted by Gasteiger charge is -2.37. The maximum atomic E-state index is 11.9. The molecule has 1 heterocycles. The van der Waals surface area contributed by atoms with Gasteiger partial charge in [-0.05, 0) is 39.2 Å². The molecule has 0 saturated carbocycles. The van der Waals surface area contributed by atoms with Gasteiger partial charge in [-0.15, -0.1) is 5.06 Å².